The smallest absolute Gasteiger partial charge is 0.139 e. The van der Waals surface area contributed by atoms with Gasteiger partial charge in [-0.15, -0.1) is 5.10 Å². The first-order valence-corrected chi connectivity index (χ1v) is 14.3. The number of aromatic nitrogens is 3. The molecular weight excluding hydrogens is 458 g/mol. The van der Waals surface area contributed by atoms with Crippen LogP contribution in [0.1, 0.15) is 80.2 Å². The summed E-state index contributed by atoms with van der Waals surface area (Å²) >= 11 is 0. The Bertz CT molecular complexity index is 1250. The van der Waals surface area contributed by atoms with Gasteiger partial charge in [0, 0.05) is 24.6 Å². The molecule has 0 saturated heterocycles. The minimum absolute atomic E-state index is 0.139. The van der Waals surface area contributed by atoms with Crippen LogP contribution in [0.15, 0.2) is 54.7 Å². The Morgan fingerprint density at radius 3 is 2.81 bits per heavy atom. The number of ketones is 1. The molecule has 0 unspecified atom stereocenters. The number of nitrogens with zero attached hydrogens (tertiary/aromatic N) is 3. The van der Waals surface area contributed by atoms with Crippen LogP contribution in [0.5, 0.6) is 5.75 Å². The number of Topliss-reactive ketones (excluding diaryl/α,β-unsaturated/α-hetero) is 1. The summed E-state index contributed by atoms with van der Waals surface area (Å²) in [5.74, 6) is 3.02. The zero-order chi connectivity index (χ0) is 25.4. The maximum atomic E-state index is 13.3. The second kappa shape index (κ2) is 10.1. The molecule has 1 N–H and O–H groups in total. The number of hydrogen-bond donors (Lipinski definition) is 1. The second-order valence-electron chi connectivity index (χ2n) is 12.0. The van der Waals surface area contributed by atoms with Crippen molar-refractivity contribution in [2.45, 2.75) is 83.6 Å². The van der Waals surface area contributed by atoms with Crippen molar-refractivity contribution in [3.8, 4) is 5.75 Å². The van der Waals surface area contributed by atoms with Gasteiger partial charge in [0.15, 0.2) is 0 Å². The first kappa shape index (κ1) is 24.4. The number of phenols is 1. The van der Waals surface area contributed by atoms with Crippen LogP contribution >= 0.6 is 0 Å². The summed E-state index contributed by atoms with van der Waals surface area (Å²) in [6, 6.07) is 16.5. The maximum Gasteiger partial charge on any atom is 0.139 e. The van der Waals surface area contributed by atoms with Crippen molar-refractivity contribution in [1.82, 2.24) is 15.0 Å². The Hall–Kier alpha value is -2.95. The highest BCUT2D eigenvalue weighted by molar-refractivity contribution is 5.87. The van der Waals surface area contributed by atoms with Crippen LogP contribution in [-0.2, 0) is 30.6 Å². The van der Waals surface area contributed by atoms with Gasteiger partial charge < -0.3 is 5.11 Å². The van der Waals surface area contributed by atoms with Crippen LogP contribution in [0, 0.1) is 23.2 Å². The highest BCUT2D eigenvalue weighted by Crippen LogP contribution is 2.62. The zero-order valence-corrected chi connectivity index (χ0v) is 22.0. The van der Waals surface area contributed by atoms with E-state index in [1.54, 1.807) is 0 Å². The largest absolute Gasteiger partial charge is 0.508 e. The summed E-state index contributed by atoms with van der Waals surface area (Å²) in [5, 5.41) is 18.7. The molecule has 1 heterocycles. The summed E-state index contributed by atoms with van der Waals surface area (Å²) in [6.07, 6.45) is 12.4. The standard InChI is InChI=1S/C32H39N3O2/c1-32-17-16-28-27-15-13-26(36)19-23(27)11-14-29(28)31(32)24(20-30(32)37)9-5-6-18-35-21-25(33-34-35)12-10-22-7-3-2-4-8-22/h2-4,7-8,13,15,19,21,24,28-29,31,36H,5-6,9-12,14,16-18,20H2,1H3/t24-,28-,29-,31+,32-/m1/s1. The van der Waals surface area contributed by atoms with Crippen LogP contribution in [0.2, 0.25) is 0 Å². The minimum Gasteiger partial charge on any atom is -0.508 e. The Kier molecular flexibility index (Phi) is 6.64. The van der Waals surface area contributed by atoms with Crippen molar-refractivity contribution in [3.05, 3.63) is 77.1 Å². The van der Waals surface area contributed by atoms with Crippen molar-refractivity contribution in [2.75, 3.05) is 0 Å². The van der Waals surface area contributed by atoms with Gasteiger partial charge >= 0.3 is 0 Å². The summed E-state index contributed by atoms with van der Waals surface area (Å²) < 4.78 is 1.99. The molecule has 5 nitrogen and oxygen atoms in total. The van der Waals surface area contributed by atoms with Crippen LogP contribution < -0.4 is 0 Å². The fourth-order valence-corrected chi connectivity index (χ4v) is 8.05. The van der Waals surface area contributed by atoms with Crippen molar-refractivity contribution in [3.63, 3.8) is 0 Å². The summed E-state index contributed by atoms with van der Waals surface area (Å²) in [4.78, 5) is 13.3. The van der Waals surface area contributed by atoms with Crippen LogP contribution in [-0.4, -0.2) is 25.9 Å². The molecule has 0 radical (unpaired) electrons. The van der Waals surface area contributed by atoms with Crippen molar-refractivity contribution in [2.24, 2.45) is 23.2 Å². The van der Waals surface area contributed by atoms with E-state index in [4.69, 9.17) is 0 Å². The zero-order valence-electron chi connectivity index (χ0n) is 22.0. The Morgan fingerprint density at radius 2 is 1.95 bits per heavy atom. The SMILES string of the molecule is C[C@]12CC[C@@H]3c4ccc(O)cc4CC[C@H]3[C@@H]1[C@H](CCCCn1cc(CCc3ccccc3)nn1)CC2=O. The van der Waals surface area contributed by atoms with Gasteiger partial charge in [-0.2, -0.15) is 0 Å². The number of hydrogen-bond acceptors (Lipinski definition) is 4. The number of unbranched alkanes of at least 4 members (excludes halogenated alkanes) is 1. The molecule has 2 saturated carbocycles. The van der Waals surface area contributed by atoms with E-state index in [-0.39, 0.29) is 5.41 Å². The normalized spacial score (nSPS) is 28.5. The Balaban J connectivity index is 1.05. The quantitative estimate of drug-likeness (QED) is 0.371. The molecule has 5 heteroatoms. The summed E-state index contributed by atoms with van der Waals surface area (Å²) in [6.45, 7) is 3.17. The Morgan fingerprint density at radius 1 is 1.08 bits per heavy atom. The molecule has 0 aliphatic heterocycles. The molecule has 2 fully saturated rings. The predicted molar refractivity (Wildman–Crippen MR) is 144 cm³/mol. The van der Waals surface area contributed by atoms with Gasteiger partial charge in [-0.1, -0.05) is 55.0 Å². The number of aromatic hydroxyl groups is 1. The van der Waals surface area contributed by atoms with Crippen molar-refractivity contribution in [1.29, 1.82) is 0 Å². The van der Waals surface area contributed by atoms with E-state index in [0.717, 1.165) is 76.4 Å². The summed E-state index contributed by atoms with van der Waals surface area (Å²) in [5.41, 5.74) is 5.00. The number of aryl methyl sites for hydroxylation is 4. The molecule has 5 atom stereocenters. The van der Waals surface area contributed by atoms with Crippen molar-refractivity contribution < 1.29 is 9.90 Å². The number of fused-ring (bicyclic) bond motifs is 5. The average molecular weight is 498 g/mol. The molecule has 3 aromatic rings. The van der Waals surface area contributed by atoms with Gasteiger partial charge in [0.05, 0.1) is 5.69 Å². The highest BCUT2D eigenvalue weighted by Gasteiger charge is 2.58. The predicted octanol–water partition coefficient (Wildman–Crippen LogP) is 6.29. The van der Waals surface area contributed by atoms with Crippen LogP contribution in [0.25, 0.3) is 0 Å². The second-order valence-corrected chi connectivity index (χ2v) is 12.0. The molecule has 0 bridgehead atoms. The Labute approximate surface area is 220 Å². The van der Waals surface area contributed by atoms with Gasteiger partial charge in [0.25, 0.3) is 0 Å². The van der Waals surface area contributed by atoms with Crippen LogP contribution in [0.3, 0.4) is 0 Å². The third-order valence-electron chi connectivity index (χ3n) is 9.86. The van der Waals surface area contributed by atoms with E-state index in [1.165, 1.54) is 16.7 Å². The van der Waals surface area contributed by atoms with E-state index in [1.807, 2.05) is 16.8 Å². The molecular formula is C32H39N3O2. The molecule has 194 valence electrons. The number of carbonyl (C=O) groups is 1. The molecule has 37 heavy (non-hydrogen) atoms. The third-order valence-corrected chi connectivity index (χ3v) is 9.86. The van der Waals surface area contributed by atoms with Gasteiger partial charge in [0.2, 0.25) is 0 Å². The lowest BCUT2D eigenvalue weighted by atomic mass is 9.54. The number of benzene rings is 2. The highest BCUT2D eigenvalue weighted by atomic mass is 16.3. The number of phenolic OH excluding ortho intramolecular Hbond substituents is 1. The van der Waals surface area contributed by atoms with Gasteiger partial charge in [-0.3, -0.25) is 9.48 Å². The topological polar surface area (TPSA) is 68.0 Å². The van der Waals surface area contributed by atoms with Gasteiger partial charge in [-0.05, 0) is 104 Å². The molecule has 3 aliphatic carbocycles. The fourth-order valence-electron chi connectivity index (χ4n) is 8.05. The fraction of sp³-hybridized carbons (Fsp3) is 0.531. The molecule has 0 spiro atoms. The van der Waals surface area contributed by atoms with Gasteiger partial charge in [0.1, 0.15) is 11.5 Å². The van der Waals surface area contributed by atoms with E-state index in [9.17, 15) is 9.90 Å². The molecule has 0 amide bonds. The monoisotopic (exact) mass is 497 g/mol. The van der Waals surface area contributed by atoms with Gasteiger partial charge in [-0.25, -0.2) is 0 Å². The lowest BCUT2D eigenvalue weighted by Gasteiger charge is -2.50. The molecule has 1 aromatic heterocycles. The molecule has 2 aromatic carbocycles. The van der Waals surface area contributed by atoms with E-state index in [0.29, 0.717) is 35.2 Å². The lowest BCUT2D eigenvalue weighted by molar-refractivity contribution is -0.129. The minimum atomic E-state index is -0.139. The average Bonchev–Trinajstić information content (AvgIpc) is 3.47. The number of carbonyl (C=O) groups excluding carboxylic acids is 1. The third kappa shape index (κ3) is 4.73. The maximum absolute atomic E-state index is 13.3. The van der Waals surface area contributed by atoms with E-state index < -0.39 is 0 Å². The van der Waals surface area contributed by atoms with E-state index in [2.05, 4.69) is 59.8 Å². The number of rotatable bonds is 8. The first-order valence-electron chi connectivity index (χ1n) is 14.3. The first-order chi connectivity index (χ1) is 18.0. The lowest BCUT2D eigenvalue weighted by Crippen LogP contribution is -2.44. The van der Waals surface area contributed by atoms with E-state index >= 15 is 0 Å². The van der Waals surface area contributed by atoms with Crippen molar-refractivity contribution >= 4 is 5.78 Å². The molecule has 3 aliphatic rings. The summed E-state index contributed by atoms with van der Waals surface area (Å²) in [7, 11) is 0. The molecule has 6 rings (SSSR count). The van der Waals surface area contributed by atoms with Crippen LogP contribution in [0.4, 0.5) is 0 Å².